The zero-order valence-electron chi connectivity index (χ0n) is 22.1. The maximum Gasteiger partial charge on any atom is 0.262 e. The predicted octanol–water partition coefficient (Wildman–Crippen LogP) is 4.38. The lowest BCUT2D eigenvalue weighted by Crippen LogP contribution is -2.68. The summed E-state index contributed by atoms with van der Waals surface area (Å²) in [4.78, 5) is 15.1. The van der Waals surface area contributed by atoms with E-state index in [0.717, 1.165) is 15.9 Å². The van der Waals surface area contributed by atoms with E-state index in [0.29, 0.717) is 17.1 Å². The van der Waals surface area contributed by atoms with Crippen LogP contribution in [0.4, 0.5) is 0 Å². The second kappa shape index (κ2) is 10.1. The van der Waals surface area contributed by atoms with Crippen molar-refractivity contribution in [2.75, 3.05) is 28.4 Å². The van der Waals surface area contributed by atoms with E-state index in [1.54, 1.807) is 33.3 Å². The molecule has 3 aromatic carbocycles. The van der Waals surface area contributed by atoms with Crippen LogP contribution in [0.2, 0.25) is 5.04 Å². The molecule has 0 radical (unpaired) electrons. The minimum atomic E-state index is -2.95. The topological polar surface area (TPSA) is 57.2 Å². The maximum atomic E-state index is 13.5. The summed E-state index contributed by atoms with van der Waals surface area (Å²) in [6.07, 6.45) is -1.18. The normalized spacial score (nSPS) is 18.1. The third-order valence-corrected chi connectivity index (χ3v) is 12.0. The number of methoxy groups -OCH3 is 3. The third-order valence-electron chi connectivity index (χ3n) is 7.02. The lowest BCUT2D eigenvalue weighted by molar-refractivity contribution is -0.0843. The van der Waals surface area contributed by atoms with Gasteiger partial charge in [-0.1, -0.05) is 87.5 Å². The molecule has 0 unspecified atom stereocenters. The number of carbonyl (C=O) groups excluding carboxylic acids is 1. The Kier molecular flexibility index (Phi) is 7.27. The largest absolute Gasteiger partial charge is 0.493 e. The van der Waals surface area contributed by atoms with Gasteiger partial charge in [0.2, 0.25) is 0 Å². The first-order valence-electron chi connectivity index (χ1n) is 12.0. The number of likely N-dealkylation sites (N-methyl/N-ethyl adjacent to an activating group) is 1. The van der Waals surface area contributed by atoms with Gasteiger partial charge in [-0.05, 0) is 21.5 Å². The molecule has 2 atom stereocenters. The summed E-state index contributed by atoms with van der Waals surface area (Å²) in [5, 5.41) is 2.06. The molecule has 3 aromatic rings. The van der Waals surface area contributed by atoms with Crippen LogP contribution in [0.15, 0.2) is 72.8 Å². The number of amides is 1. The van der Waals surface area contributed by atoms with Crippen LogP contribution in [0.25, 0.3) is 0 Å². The molecular formula is C29H35NO5Si. The molecule has 0 aliphatic carbocycles. The van der Waals surface area contributed by atoms with Crippen LogP contribution < -0.4 is 19.8 Å². The molecule has 1 aliphatic rings. The summed E-state index contributed by atoms with van der Waals surface area (Å²) in [5.74, 6) is 0.699. The number of rotatable bonds is 7. The van der Waals surface area contributed by atoms with Crippen molar-refractivity contribution in [1.82, 2.24) is 4.90 Å². The maximum absolute atomic E-state index is 13.5. The molecule has 0 saturated heterocycles. The molecule has 0 spiro atoms. The Labute approximate surface area is 214 Å². The number of fused-ring (bicyclic) bond motifs is 1. The van der Waals surface area contributed by atoms with Crippen LogP contribution in [-0.2, 0) is 9.16 Å². The molecule has 1 aliphatic heterocycles. The first-order valence-corrected chi connectivity index (χ1v) is 14.0. The van der Waals surface area contributed by atoms with Crippen LogP contribution in [0.3, 0.4) is 0 Å². The summed E-state index contributed by atoms with van der Waals surface area (Å²) in [7, 11) is 3.51. The van der Waals surface area contributed by atoms with E-state index in [9.17, 15) is 4.79 Å². The number of benzene rings is 3. The van der Waals surface area contributed by atoms with E-state index in [1.807, 2.05) is 24.3 Å². The Morgan fingerprint density at radius 1 is 0.806 bits per heavy atom. The molecule has 6 nitrogen and oxygen atoms in total. The highest BCUT2D eigenvalue weighted by Crippen LogP contribution is 2.46. The quantitative estimate of drug-likeness (QED) is 0.446. The van der Waals surface area contributed by atoms with E-state index in [2.05, 4.69) is 69.3 Å². The molecule has 1 heterocycles. The van der Waals surface area contributed by atoms with Crippen molar-refractivity contribution in [1.29, 1.82) is 0 Å². The Hall–Kier alpha value is -3.13. The second-order valence-electron chi connectivity index (χ2n) is 10.0. The minimum Gasteiger partial charge on any atom is -0.493 e. The number of ether oxygens (including phenoxy) is 3. The zero-order chi connectivity index (χ0) is 26.1. The average molecular weight is 506 g/mol. The molecule has 0 aromatic heterocycles. The smallest absolute Gasteiger partial charge is 0.262 e. The number of nitrogens with zero attached hydrogens (tertiary/aromatic N) is 1. The summed E-state index contributed by atoms with van der Waals surface area (Å²) < 4.78 is 24.6. The Morgan fingerprint density at radius 2 is 1.36 bits per heavy atom. The molecule has 190 valence electrons. The number of carbonyl (C=O) groups is 1. The first kappa shape index (κ1) is 25.9. The van der Waals surface area contributed by atoms with Gasteiger partial charge in [-0.15, -0.1) is 0 Å². The summed E-state index contributed by atoms with van der Waals surface area (Å²) in [6.45, 7) is 6.69. The number of hydrogen-bond donors (Lipinski definition) is 0. The Balaban J connectivity index is 2.02. The molecule has 0 saturated carbocycles. The molecule has 0 bridgehead atoms. The molecule has 36 heavy (non-hydrogen) atoms. The predicted molar refractivity (Wildman–Crippen MR) is 144 cm³/mol. The van der Waals surface area contributed by atoms with Crippen molar-refractivity contribution < 1.29 is 23.4 Å². The fraction of sp³-hybridized carbons (Fsp3) is 0.345. The van der Waals surface area contributed by atoms with Gasteiger partial charge in [-0.2, -0.15) is 0 Å². The highest BCUT2D eigenvalue weighted by Gasteiger charge is 2.54. The van der Waals surface area contributed by atoms with Gasteiger partial charge in [0.1, 0.15) is 6.10 Å². The Bertz CT molecular complexity index is 1170. The van der Waals surface area contributed by atoms with Crippen LogP contribution in [-0.4, -0.2) is 53.7 Å². The highest BCUT2D eigenvalue weighted by atomic mass is 28.4. The van der Waals surface area contributed by atoms with E-state index >= 15 is 0 Å². The molecule has 7 heteroatoms. The lowest BCUT2D eigenvalue weighted by Gasteiger charge is -2.48. The Morgan fingerprint density at radius 3 is 1.81 bits per heavy atom. The lowest BCUT2D eigenvalue weighted by atomic mass is 9.94. The fourth-order valence-corrected chi connectivity index (χ4v) is 9.97. The van der Waals surface area contributed by atoms with E-state index in [-0.39, 0.29) is 10.9 Å². The van der Waals surface area contributed by atoms with Gasteiger partial charge in [-0.3, -0.25) is 4.79 Å². The fourth-order valence-electron chi connectivity index (χ4n) is 5.33. The molecule has 0 fully saturated rings. The van der Waals surface area contributed by atoms with Gasteiger partial charge in [0.15, 0.2) is 17.7 Å². The monoisotopic (exact) mass is 505 g/mol. The van der Waals surface area contributed by atoms with Gasteiger partial charge in [-0.25, -0.2) is 0 Å². The molecule has 0 N–H and O–H groups in total. The van der Waals surface area contributed by atoms with Crippen molar-refractivity contribution in [3.63, 3.8) is 0 Å². The highest BCUT2D eigenvalue weighted by molar-refractivity contribution is 6.99. The summed E-state index contributed by atoms with van der Waals surface area (Å²) >= 11 is 0. The zero-order valence-corrected chi connectivity index (χ0v) is 23.1. The molecule has 4 rings (SSSR count). The van der Waals surface area contributed by atoms with E-state index in [1.165, 1.54) is 0 Å². The van der Waals surface area contributed by atoms with Crippen LogP contribution in [0.1, 0.15) is 42.8 Å². The molecular weight excluding hydrogens is 470 g/mol. The van der Waals surface area contributed by atoms with Gasteiger partial charge in [0.05, 0.1) is 19.8 Å². The van der Waals surface area contributed by atoms with Crippen molar-refractivity contribution in [2.24, 2.45) is 0 Å². The third kappa shape index (κ3) is 4.11. The van der Waals surface area contributed by atoms with Gasteiger partial charge in [0, 0.05) is 19.7 Å². The first-order chi connectivity index (χ1) is 17.2. The van der Waals surface area contributed by atoms with Gasteiger partial charge >= 0.3 is 0 Å². The van der Waals surface area contributed by atoms with E-state index < -0.39 is 20.6 Å². The summed E-state index contributed by atoms with van der Waals surface area (Å²) in [6, 6.07) is 24.6. The van der Waals surface area contributed by atoms with Crippen molar-refractivity contribution in [3.8, 4) is 11.5 Å². The van der Waals surface area contributed by atoms with Crippen LogP contribution in [0, 0.1) is 0 Å². The SMILES string of the molecule is COc1ccc2c(c1OC)C(=O)N(C)[C@@H](OC)[C@@H]2O[Si](c1ccccc1)(c1ccccc1)C(C)(C)C. The average Bonchev–Trinajstić information content (AvgIpc) is 2.89. The van der Waals surface area contributed by atoms with Gasteiger partial charge in [0.25, 0.3) is 14.2 Å². The van der Waals surface area contributed by atoms with Crippen LogP contribution in [0.5, 0.6) is 11.5 Å². The standard InChI is InChI=1S/C29H35NO5Si/c1-29(2,3)36(20-14-10-8-11-15-20,21-16-12-9-13-17-21)35-25-22-18-19-23(32-5)26(33-6)24(22)27(31)30(4)28(25)34-7/h8-19,25,28H,1-7H3/t25-,28+/m1/s1. The van der Waals surface area contributed by atoms with E-state index in [4.69, 9.17) is 18.6 Å². The van der Waals surface area contributed by atoms with Crippen molar-refractivity contribution in [2.45, 2.75) is 38.1 Å². The van der Waals surface area contributed by atoms with Crippen molar-refractivity contribution >= 4 is 24.6 Å². The minimum absolute atomic E-state index is 0.199. The number of hydrogen-bond acceptors (Lipinski definition) is 5. The molecule has 1 amide bonds. The van der Waals surface area contributed by atoms with Crippen molar-refractivity contribution in [3.05, 3.63) is 83.9 Å². The second-order valence-corrected chi connectivity index (χ2v) is 14.3. The summed E-state index contributed by atoms with van der Waals surface area (Å²) in [5.41, 5.74) is 1.17. The van der Waals surface area contributed by atoms with Crippen LogP contribution >= 0.6 is 0 Å². The van der Waals surface area contributed by atoms with Gasteiger partial charge < -0.3 is 23.5 Å².